The quantitative estimate of drug-likeness (QED) is 0.347. The third-order valence-electron chi connectivity index (χ3n) is 0. The van der Waals surface area contributed by atoms with Crippen LogP contribution >= 0.6 is 0 Å². The van der Waals surface area contributed by atoms with E-state index in [-0.39, 0.29) is 55.4 Å². The van der Waals surface area contributed by atoms with Gasteiger partial charge in [-0.25, -0.2) is 0 Å². The van der Waals surface area contributed by atoms with Crippen LogP contribution in [0.15, 0.2) is 0 Å². The minimum atomic E-state index is -4.67. The van der Waals surface area contributed by atoms with Crippen LogP contribution in [0.5, 0.6) is 0 Å². The first-order chi connectivity index (χ1) is 2.00. The summed E-state index contributed by atoms with van der Waals surface area (Å²) in [4.78, 5) is 0. The molecule has 0 fully saturated rings. The molecule has 7 heavy (non-hydrogen) atoms. The third-order valence-corrected chi connectivity index (χ3v) is 0. The number of rotatable bonds is 0. The van der Waals surface area contributed by atoms with E-state index < -0.39 is 10.4 Å². The second-order valence-electron chi connectivity index (χ2n) is 0.448. The summed E-state index contributed by atoms with van der Waals surface area (Å²) >= 11 is 0. The smallest absolute Gasteiger partial charge is 0 e. The molecule has 0 rings (SSSR count). The van der Waals surface area contributed by atoms with E-state index in [1.165, 1.54) is 0 Å². The fourth-order valence-electron chi connectivity index (χ4n) is 0. The van der Waals surface area contributed by atoms with Gasteiger partial charge >= 0.3 is 40.0 Å². The Balaban J connectivity index is -0.0000000800. The first-order valence-corrected chi connectivity index (χ1v) is 2.10. The standard InChI is InChI=1S/Na.H2O4S.Sc.H/c;1-5(2,3)4;;/h;(H2,1,2,3,4);;. The molecule has 0 atom stereocenters. The van der Waals surface area contributed by atoms with Crippen molar-refractivity contribution < 1.29 is 43.4 Å². The predicted octanol–water partition coefficient (Wildman–Crippen LogP) is -1.30. The van der Waals surface area contributed by atoms with Crippen molar-refractivity contribution >= 4 is 40.0 Å². The van der Waals surface area contributed by atoms with E-state index in [9.17, 15) is 0 Å². The zero-order chi connectivity index (χ0) is 4.50. The zero-order valence-electron chi connectivity index (χ0n) is 2.70. The Bertz CT molecular complexity index is 94.9. The van der Waals surface area contributed by atoms with Crippen molar-refractivity contribution in [2.75, 3.05) is 0 Å². The first-order valence-electron chi connectivity index (χ1n) is 0.698. The maximum atomic E-state index is 8.74. The Hall–Kier alpha value is 1.74. The molecule has 0 saturated carbocycles. The maximum absolute atomic E-state index is 8.74. The molecule has 0 aromatic carbocycles. The summed E-state index contributed by atoms with van der Waals surface area (Å²) in [5.74, 6) is 0. The average Bonchev–Trinajstić information content (AvgIpc) is 0.722. The molecule has 0 saturated heterocycles. The van der Waals surface area contributed by atoms with E-state index in [1.54, 1.807) is 0 Å². The molecule has 4 nitrogen and oxygen atoms in total. The molecule has 1 radical (unpaired) electrons. The maximum Gasteiger partial charge on any atom is 0 e. The Morgan fingerprint density at radius 1 is 1.14 bits per heavy atom. The summed E-state index contributed by atoms with van der Waals surface area (Å²) < 4.78 is 31.6. The van der Waals surface area contributed by atoms with Crippen molar-refractivity contribution in [2.45, 2.75) is 0 Å². The minimum Gasteiger partial charge on any atom is 0 e. The SMILES string of the molecule is O=S(=O)(O)O.[NaH].[Sc]. The van der Waals surface area contributed by atoms with E-state index in [4.69, 9.17) is 17.5 Å². The van der Waals surface area contributed by atoms with E-state index in [0.29, 0.717) is 0 Å². The van der Waals surface area contributed by atoms with Crippen LogP contribution in [-0.4, -0.2) is 47.1 Å². The van der Waals surface area contributed by atoms with Gasteiger partial charge in [0.2, 0.25) is 0 Å². The van der Waals surface area contributed by atoms with Crippen molar-refractivity contribution in [3.63, 3.8) is 0 Å². The van der Waals surface area contributed by atoms with Gasteiger partial charge < -0.3 is 0 Å². The Labute approximate surface area is 82.3 Å². The topological polar surface area (TPSA) is 74.6 Å². The van der Waals surface area contributed by atoms with Gasteiger partial charge in [-0.1, -0.05) is 0 Å². The fourth-order valence-corrected chi connectivity index (χ4v) is 0. The molecular formula is H3NaO4SSc. The summed E-state index contributed by atoms with van der Waals surface area (Å²) in [6.45, 7) is 0. The molecule has 0 bridgehead atoms. The van der Waals surface area contributed by atoms with Crippen molar-refractivity contribution in [3.05, 3.63) is 0 Å². The Morgan fingerprint density at radius 2 is 1.14 bits per heavy atom. The van der Waals surface area contributed by atoms with Gasteiger partial charge in [-0.2, -0.15) is 8.42 Å². The average molecular weight is 167 g/mol. The predicted molar refractivity (Wildman–Crippen MR) is 21.3 cm³/mol. The van der Waals surface area contributed by atoms with Crippen LogP contribution in [-0.2, 0) is 36.2 Å². The third kappa shape index (κ3) is 84.2. The summed E-state index contributed by atoms with van der Waals surface area (Å²) in [5, 5.41) is 0. The van der Waals surface area contributed by atoms with Crippen molar-refractivity contribution in [1.29, 1.82) is 0 Å². The van der Waals surface area contributed by atoms with Crippen LogP contribution in [0.3, 0.4) is 0 Å². The van der Waals surface area contributed by atoms with Gasteiger partial charge in [0.15, 0.2) is 0 Å². The van der Waals surface area contributed by atoms with Crippen LogP contribution in [0.1, 0.15) is 0 Å². The molecule has 0 aliphatic carbocycles. The molecular weight excluding hydrogens is 164 g/mol. The van der Waals surface area contributed by atoms with Gasteiger partial charge in [0.1, 0.15) is 0 Å². The second-order valence-corrected chi connectivity index (χ2v) is 1.34. The number of hydrogen-bond donors (Lipinski definition) is 2. The van der Waals surface area contributed by atoms with E-state index >= 15 is 0 Å². The van der Waals surface area contributed by atoms with E-state index in [0.717, 1.165) is 0 Å². The molecule has 0 aromatic rings. The van der Waals surface area contributed by atoms with Gasteiger partial charge in [0.05, 0.1) is 0 Å². The Kier molecular flexibility index (Phi) is 13.3. The molecule has 0 amide bonds. The summed E-state index contributed by atoms with van der Waals surface area (Å²) in [6.07, 6.45) is 0. The van der Waals surface area contributed by atoms with Gasteiger partial charge in [-0.15, -0.1) is 0 Å². The summed E-state index contributed by atoms with van der Waals surface area (Å²) in [7, 11) is -4.67. The van der Waals surface area contributed by atoms with Gasteiger partial charge in [-0.3, -0.25) is 9.11 Å². The van der Waals surface area contributed by atoms with Crippen LogP contribution < -0.4 is 0 Å². The second kappa shape index (κ2) is 5.87. The fraction of sp³-hybridized carbons (Fsp3) is 0. The van der Waals surface area contributed by atoms with Crippen molar-refractivity contribution in [3.8, 4) is 0 Å². The van der Waals surface area contributed by atoms with E-state index in [1.807, 2.05) is 0 Å². The zero-order valence-corrected chi connectivity index (χ0v) is 5.32. The van der Waals surface area contributed by atoms with Crippen molar-refractivity contribution in [1.82, 2.24) is 0 Å². The van der Waals surface area contributed by atoms with Crippen LogP contribution in [0.25, 0.3) is 0 Å². The van der Waals surface area contributed by atoms with Gasteiger partial charge in [0.25, 0.3) is 0 Å². The van der Waals surface area contributed by atoms with Crippen LogP contribution in [0.4, 0.5) is 0 Å². The van der Waals surface area contributed by atoms with E-state index in [2.05, 4.69) is 0 Å². The first kappa shape index (κ1) is 15.9. The molecule has 0 aromatic heterocycles. The molecule has 37 valence electrons. The largest absolute Gasteiger partial charge is 0 e. The van der Waals surface area contributed by atoms with Crippen LogP contribution in [0, 0.1) is 0 Å². The summed E-state index contributed by atoms with van der Waals surface area (Å²) in [5.41, 5.74) is 0. The monoisotopic (exact) mass is 167 g/mol. The van der Waals surface area contributed by atoms with Crippen molar-refractivity contribution in [2.24, 2.45) is 0 Å². The van der Waals surface area contributed by atoms with Gasteiger partial charge in [-0.05, 0) is 0 Å². The molecule has 2 N–H and O–H groups in total. The Morgan fingerprint density at radius 3 is 1.14 bits per heavy atom. The normalized spacial score (nSPS) is 8.29. The molecule has 0 aliphatic rings. The molecule has 0 aliphatic heterocycles. The van der Waals surface area contributed by atoms with Crippen LogP contribution in [0.2, 0.25) is 0 Å². The molecule has 7 heteroatoms. The van der Waals surface area contributed by atoms with Gasteiger partial charge in [0, 0.05) is 25.8 Å². The number of hydrogen-bond acceptors (Lipinski definition) is 2. The summed E-state index contributed by atoms with van der Waals surface area (Å²) in [6, 6.07) is 0. The molecule has 0 heterocycles. The molecule has 0 unspecified atom stereocenters. The molecule has 0 spiro atoms. The minimum absolute atomic E-state index is 0.